The number of aromatic nitrogens is 1. The first kappa shape index (κ1) is 16.8. The smallest absolute Gasteiger partial charge is 0.130 e. The Hall–Kier alpha value is -2.60. The van der Waals surface area contributed by atoms with Crippen molar-refractivity contribution in [2.45, 2.75) is 29.6 Å². The topological polar surface area (TPSA) is 79.0 Å². The van der Waals surface area contributed by atoms with E-state index in [4.69, 9.17) is 19.0 Å². The maximum Gasteiger partial charge on any atom is 0.130 e. The molecule has 0 aliphatic heterocycles. The summed E-state index contributed by atoms with van der Waals surface area (Å²) in [6.45, 7) is 0.402. The fourth-order valence-electron chi connectivity index (χ4n) is 2.97. The van der Waals surface area contributed by atoms with Gasteiger partial charge in [0.2, 0.25) is 0 Å². The van der Waals surface area contributed by atoms with E-state index in [-0.39, 0.29) is 5.25 Å². The number of rotatable bonds is 6. The molecule has 0 bridgehead atoms. The van der Waals surface area contributed by atoms with Crippen LogP contribution < -0.4 is 9.47 Å². The molecule has 1 aromatic heterocycles. The van der Waals surface area contributed by atoms with Crippen LogP contribution in [0.25, 0.3) is 10.9 Å². The lowest BCUT2D eigenvalue weighted by molar-refractivity contribution is 0.309. The summed E-state index contributed by atoms with van der Waals surface area (Å²) in [6, 6.07) is 15.4. The fraction of sp³-hybridized carbons (Fsp3) is 0.250. The molecule has 3 aromatic rings. The van der Waals surface area contributed by atoms with Gasteiger partial charge in [0, 0.05) is 27.8 Å². The maximum absolute atomic E-state index is 8.41. The minimum absolute atomic E-state index is 0.234. The molecule has 5 nitrogen and oxygen atoms in total. The van der Waals surface area contributed by atoms with Crippen LogP contribution in [0, 0.1) is 9.56 Å². The van der Waals surface area contributed by atoms with Crippen LogP contribution in [0.3, 0.4) is 0 Å². The Balaban J connectivity index is 1.57. The third-order valence-electron chi connectivity index (χ3n) is 4.60. The second-order valence-corrected chi connectivity index (χ2v) is 8.94. The zero-order chi connectivity index (χ0) is 18.1. The average Bonchev–Trinajstić information content (AvgIpc) is 3.52. The first-order valence-corrected chi connectivity index (χ1v) is 10.2. The minimum Gasteiger partial charge on any atom is -0.497 e. The molecule has 1 heterocycles. The molecular weight excluding hydrogens is 346 g/mol. The van der Waals surface area contributed by atoms with Gasteiger partial charge in [0.1, 0.15) is 18.1 Å². The molecule has 1 saturated carbocycles. The van der Waals surface area contributed by atoms with E-state index in [2.05, 4.69) is 4.98 Å². The summed E-state index contributed by atoms with van der Waals surface area (Å²) in [5, 5.41) is 1.17. The van der Waals surface area contributed by atoms with Gasteiger partial charge < -0.3 is 9.47 Å². The highest BCUT2D eigenvalue weighted by Crippen LogP contribution is 2.35. The molecular formula is C20H21N3O2S. The number of pyridine rings is 1. The molecule has 26 heavy (non-hydrogen) atoms. The second kappa shape index (κ2) is 6.61. The minimum atomic E-state index is -2.19. The Kier molecular flexibility index (Phi) is 4.28. The SMILES string of the molecule is COc1ccc2c(OCc3cccc(S(=N)(=N)C4CC4)c3)ccnc2c1. The van der Waals surface area contributed by atoms with Crippen molar-refractivity contribution in [3.63, 3.8) is 0 Å². The Morgan fingerprint density at radius 2 is 1.96 bits per heavy atom. The standard InChI is InChI=1S/C20H21N3O2S/c1-24-15-5-8-18-19(12-15)23-10-9-20(18)25-13-14-3-2-4-17(11-14)26(21,22)16-6-7-16/h2-5,8-12,16,21-22H,6-7,13H2,1H3. The molecule has 1 aliphatic carbocycles. The summed E-state index contributed by atoms with van der Waals surface area (Å²) in [6.07, 6.45) is 3.74. The summed E-state index contributed by atoms with van der Waals surface area (Å²) in [4.78, 5) is 5.20. The van der Waals surface area contributed by atoms with Gasteiger partial charge in [-0.1, -0.05) is 12.1 Å². The van der Waals surface area contributed by atoms with Crippen molar-refractivity contribution in [1.82, 2.24) is 4.98 Å². The van der Waals surface area contributed by atoms with Crippen LogP contribution in [0.4, 0.5) is 0 Å². The zero-order valence-corrected chi connectivity index (χ0v) is 15.4. The fourth-order valence-corrected chi connectivity index (χ4v) is 4.82. The Morgan fingerprint density at radius 3 is 2.73 bits per heavy atom. The van der Waals surface area contributed by atoms with Gasteiger partial charge in [-0.05, 0) is 58.4 Å². The predicted octanol–water partition coefficient (Wildman–Crippen LogP) is 5.02. The van der Waals surface area contributed by atoms with E-state index in [0.29, 0.717) is 6.61 Å². The zero-order valence-electron chi connectivity index (χ0n) is 14.6. The van der Waals surface area contributed by atoms with Gasteiger partial charge >= 0.3 is 0 Å². The van der Waals surface area contributed by atoms with Crippen LogP contribution in [0.1, 0.15) is 18.4 Å². The van der Waals surface area contributed by atoms with Crippen LogP contribution in [0.2, 0.25) is 0 Å². The van der Waals surface area contributed by atoms with Gasteiger partial charge in [0.25, 0.3) is 0 Å². The molecule has 1 fully saturated rings. The van der Waals surface area contributed by atoms with Crippen molar-refractivity contribution < 1.29 is 9.47 Å². The number of methoxy groups -OCH3 is 1. The van der Waals surface area contributed by atoms with Crippen molar-refractivity contribution in [2.75, 3.05) is 7.11 Å². The number of nitrogens with zero attached hydrogens (tertiary/aromatic N) is 1. The van der Waals surface area contributed by atoms with Crippen LogP contribution in [-0.4, -0.2) is 17.3 Å². The summed E-state index contributed by atoms with van der Waals surface area (Å²) >= 11 is 0. The highest BCUT2D eigenvalue weighted by Gasteiger charge is 2.30. The summed E-state index contributed by atoms with van der Waals surface area (Å²) in [5.74, 6) is 1.53. The average molecular weight is 367 g/mol. The lowest BCUT2D eigenvalue weighted by Crippen LogP contribution is -2.04. The van der Waals surface area contributed by atoms with E-state index in [1.807, 2.05) is 48.5 Å². The van der Waals surface area contributed by atoms with Crippen molar-refractivity contribution >= 4 is 20.5 Å². The summed E-state index contributed by atoms with van der Waals surface area (Å²) in [5.41, 5.74) is 1.81. The highest BCUT2D eigenvalue weighted by atomic mass is 32.2. The number of hydrogen-bond acceptors (Lipinski definition) is 5. The van der Waals surface area contributed by atoms with E-state index >= 15 is 0 Å². The maximum atomic E-state index is 8.41. The van der Waals surface area contributed by atoms with E-state index in [0.717, 1.165) is 45.7 Å². The van der Waals surface area contributed by atoms with Gasteiger partial charge in [0.05, 0.1) is 12.6 Å². The molecule has 0 atom stereocenters. The van der Waals surface area contributed by atoms with Crippen LogP contribution in [-0.2, 0) is 16.2 Å². The Labute approximate surface area is 153 Å². The molecule has 2 N–H and O–H groups in total. The predicted molar refractivity (Wildman–Crippen MR) is 103 cm³/mol. The number of benzene rings is 2. The van der Waals surface area contributed by atoms with Gasteiger partial charge in [0.15, 0.2) is 0 Å². The molecule has 0 spiro atoms. The molecule has 6 heteroatoms. The van der Waals surface area contributed by atoms with Crippen LogP contribution in [0.15, 0.2) is 59.6 Å². The van der Waals surface area contributed by atoms with E-state index < -0.39 is 9.62 Å². The number of fused-ring (bicyclic) bond motifs is 1. The van der Waals surface area contributed by atoms with Crippen LogP contribution in [0.5, 0.6) is 11.5 Å². The van der Waals surface area contributed by atoms with Gasteiger partial charge in [-0.2, -0.15) is 0 Å². The van der Waals surface area contributed by atoms with Gasteiger partial charge in [-0.3, -0.25) is 14.5 Å². The molecule has 4 rings (SSSR count). The van der Waals surface area contributed by atoms with E-state index in [1.165, 1.54) is 0 Å². The molecule has 2 aromatic carbocycles. The number of ether oxygens (including phenoxy) is 2. The lowest BCUT2D eigenvalue weighted by Gasteiger charge is -2.13. The Bertz CT molecular complexity index is 1060. The number of nitrogens with one attached hydrogen (secondary N) is 2. The molecule has 0 saturated heterocycles. The first-order valence-electron chi connectivity index (χ1n) is 8.54. The summed E-state index contributed by atoms with van der Waals surface area (Å²) in [7, 11) is -0.557. The monoisotopic (exact) mass is 367 g/mol. The van der Waals surface area contributed by atoms with Crippen molar-refractivity contribution in [1.29, 1.82) is 9.56 Å². The second-order valence-electron chi connectivity index (χ2n) is 6.49. The normalized spacial score (nSPS) is 14.3. The van der Waals surface area contributed by atoms with Crippen molar-refractivity contribution in [3.8, 4) is 11.5 Å². The third kappa shape index (κ3) is 3.24. The lowest BCUT2D eigenvalue weighted by atomic mass is 10.2. The molecule has 0 radical (unpaired) electrons. The number of hydrogen-bond donors (Lipinski definition) is 2. The largest absolute Gasteiger partial charge is 0.497 e. The quantitative estimate of drug-likeness (QED) is 0.642. The van der Waals surface area contributed by atoms with Crippen LogP contribution >= 0.6 is 0 Å². The molecule has 1 aliphatic rings. The highest BCUT2D eigenvalue weighted by molar-refractivity contribution is 7.94. The van der Waals surface area contributed by atoms with Crippen molar-refractivity contribution in [2.24, 2.45) is 0 Å². The molecule has 134 valence electrons. The molecule has 0 amide bonds. The van der Waals surface area contributed by atoms with Gasteiger partial charge in [-0.15, -0.1) is 0 Å². The van der Waals surface area contributed by atoms with Crippen molar-refractivity contribution in [3.05, 3.63) is 60.3 Å². The van der Waals surface area contributed by atoms with E-state index in [1.54, 1.807) is 13.3 Å². The summed E-state index contributed by atoms with van der Waals surface area (Å²) < 4.78 is 28.1. The third-order valence-corrected chi connectivity index (χ3v) is 7.07. The Morgan fingerprint density at radius 1 is 1.12 bits per heavy atom. The first-order chi connectivity index (χ1) is 12.6. The molecule has 0 unspecified atom stereocenters. The van der Waals surface area contributed by atoms with E-state index in [9.17, 15) is 0 Å². The van der Waals surface area contributed by atoms with Gasteiger partial charge in [-0.25, -0.2) is 0 Å².